The second kappa shape index (κ2) is 8.11. The summed E-state index contributed by atoms with van der Waals surface area (Å²) in [6.07, 6.45) is 3.52. The van der Waals surface area contributed by atoms with E-state index in [0.29, 0.717) is 12.1 Å². The number of carbonyl (C=O) groups is 2. The number of aromatic amines is 1. The van der Waals surface area contributed by atoms with E-state index in [2.05, 4.69) is 20.6 Å². The Morgan fingerprint density at radius 1 is 1.21 bits per heavy atom. The Labute approximate surface area is 138 Å². The minimum Gasteiger partial charge on any atom is -0.508 e. The molecule has 1 heterocycles. The number of H-pyrrole nitrogens is 1. The number of imidazole rings is 1. The number of hydrogen-bond acceptors (Lipinski definition) is 5. The smallest absolute Gasteiger partial charge is 0.326 e. The Morgan fingerprint density at radius 2 is 1.92 bits per heavy atom. The molecule has 24 heavy (non-hydrogen) atoms. The van der Waals surface area contributed by atoms with Crippen LogP contribution < -0.4 is 10.6 Å². The average molecular weight is 332 g/mol. The molecule has 5 N–H and O–H groups in total. The van der Waals surface area contributed by atoms with E-state index >= 15 is 0 Å². The molecule has 0 aliphatic rings. The van der Waals surface area contributed by atoms with Crippen LogP contribution in [0.2, 0.25) is 0 Å². The van der Waals surface area contributed by atoms with Crippen molar-refractivity contribution in [2.24, 2.45) is 0 Å². The van der Waals surface area contributed by atoms with Gasteiger partial charge >= 0.3 is 5.97 Å². The highest BCUT2D eigenvalue weighted by Gasteiger charge is 2.25. The minimum absolute atomic E-state index is 0.0974. The van der Waals surface area contributed by atoms with Gasteiger partial charge in [-0.1, -0.05) is 12.1 Å². The Bertz CT molecular complexity index is 670. The highest BCUT2D eigenvalue weighted by Crippen LogP contribution is 2.11. The summed E-state index contributed by atoms with van der Waals surface area (Å²) in [5.74, 6) is -1.38. The largest absolute Gasteiger partial charge is 0.508 e. The maximum absolute atomic E-state index is 12.4. The number of nitrogens with zero attached hydrogens (tertiary/aromatic N) is 1. The molecule has 2 atom stereocenters. The number of aliphatic carboxylic acids is 1. The van der Waals surface area contributed by atoms with Gasteiger partial charge in [-0.25, -0.2) is 9.78 Å². The Hall–Kier alpha value is -2.87. The van der Waals surface area contributed by atoms with Gasteiger partial charge in [0.15, 0.2) is 0 Å². The van der Waals surface area contributed by atoms with Gasteiger partial charge in [-0.2, -0.15) is 0 Å². The number of likely N-dealkylation sites (N-methyl/N-ethyl adjacent to an activating group) is 1. The van der Waals surface area contributed by atoms with Crippen LogP contribution in [0.4, 0.5) is 0 Å². The molecule has 0 unspecified atom stereocenters. The molecule has 0 saturated carbocycles. The van der Waals surface area contributed by atoms with Gasteiger partial charge in [0.25, 0.3) is 0 Å². The van der Waals surface area contributed by atoms with Gasteiger partial charge < -0.3 is 25.8 Å². The van der Waals surface area contributed by atoms with E-state index in [-0.39, 0.29) is 12.2 Å². The second-order valence-electron chi connectivity index (χ2n) is 5.38. The SMILES string of the molecule is CN[C@H](Cc1ccc(O)cc1)C(=O)N[C@H](Cc1c[nH]cn1)C(=O)O. The summed E-state index contributed by atoms with van der Waals surface area (Å²) in [5, 5.41) is 24.0. The molecule has 0 aliphatic carbocycles. The van der Waals surface area contributed by atoms with Crippen LogP contribution in [0.25, 0.3) is 0 Å². The molecular formula is C16H20N4O4. The first-order valence-electron chi connectivity index (χ1n) is 7.45. The maximum atomic E-state index is 12.4. The van der Waals surface area contributed by atoms with E-state index in [1.54, 1.807) is 25.4 Å². The van der Waals surface area contributed by atoms with Gasteiger partial charge in [0, 0.05) is 12.6 Å². The van der Waals surface area contributed by atoms with Crippen LogP contribution >= 0.6 is 0 Å². The molecule has 0 radical (unpaired) electrons. The van der Waals surface area contributed by atoms with Crippen molar-refractivity contribution < 1.29 is 19.8 Å². The first-order valence-corrected chi connectivity index (χ1v) is 7.45. The maximum Gasteiger partial charge on any atom is 0.326 e. The number of nitrogens with one attached hydrogen (secondary N) is 3. The molecule has 1 amide bonds. The molecule has 128 valence electrons. The molecule has 0 bridgehead atoms. The van der Waals surface area contributed by atoms with Crippen LogP contribution in [0.1, 0.15) is 11.3 Å². The Balaban J connectivity index is 2.00. The lowest BCUT2D eigenvalue weighted by molar-refractivity contribution is -0.142. The van der Waals surface area contributed by atoms with Gasteiger partial charge in [0.2, 0.25) is 5.91 Å². The van der Waals surface area contributed by atoms with Crippen molar-refractivity contribution in [3.63, 3.8) is 0 Å². The number of carboxylic acid groups (broad SMARTS) is 1. The van der Waals surface area contributed by atoms with Crippen LogP contribution in [0.3, 0.4) is 0 Å². The first kappa shape index (κ1) is 17.5. The molecule has 1 aromatic heterocycles. The molecule has 0 saturated heterocycles. The summed E-state index contributed by atoms with van der Waals surface area (Å²) < 4.78 is 0. The standard InChI is InChI=1S/C16H20N4O4/c1-17-13(6-10-2-4-12(21)5-3-10)15(22)20-14(16(23)24)7-11-8-18-9-19-11/h2-5,8-9,13-14,17,21H,6-7H2,1H3,(H,18,19)(H,20,22)(H,23,24)/t13-,14-/m1/s1. The van der Waals surface area contributed by atoms with E-state index in [4.69, 9.17) is 0 Å². The summed E-state index contributed by atoms with van der Waals surface area (Å²) in [6.45, 7) is 0. The fourth-order valence-corrected chi connectivity index (χ4v) is 2.28. The summed E-state index contributed by atoms with van der Waals surface area (Å²) in [4.78, 5) is 30.5. The van der Waals surface area contributed by atoms with Crippen molar-refractivity contribution in [3.8, 4) is 5.75 Å². The fourth-order valence-electron chi connectivity index (χ4n) is 2.28. The lowest BCUT2D eigenvalue weighted by Crippen LogP contribution is -2.51. The molecular weight excluding hydrogens is 312 g/mol. The number of phenolic OH excluding ortho intramolecular Hbond substituents is 1. The number of aromatic nitrogens is 2. The van der Waals surface area contributed by atoms with E-state index < -0.39 is 24.0 Å². The van der Waals surface area contributed by atoms with Crippen molar-refractivity contribution in [2.75, 3.05) is 7.05 Å². The summed E-state index contributed by atoms with van der Waals surface area (Å²) in [5.41, 5.74) is 1.41. The molecule has 0 spiro atoms. The van der Waals surface area contributed by atoms with Gasteiger partial charge in [-0.15, -0.1) is 0 Å². The molecule has 0 aliphatic heterocycles. The Kier molecular flexibility index (Phi) is 5.91. The van der Waals surface area contributed by atoms with E-state index in [9.17, 15) is 19.8 Å². The van der Waals surface area contributed by atoms with Crippen molar-refractivity contribution in [3.05, 3.63) is 48.0 Å². The summed E-state index contributed by atoms with van der Waals surface area (Å²) in [6, 6.07) is 4.86. The molecule has 1 aromatic carbocycles. The quantitative estimate of drug-likeness (QED) is 0.465. The third-order valence-corrected chi connectivity index (χ3v) is 3.62. The highest BCUT2D eigenvalue weighted by atomic mass is 16.4. The van der Waals surface area contributed by atoms with E-state index in [0.717, 1.165) is 5.56 Å². The molecule has 2 rings (SSSR count). The number of carbonyl (C=O) groups excluding carboxylic acids is 1. The fraction of sp³-hybridized carbons (Fsp3) is 0.312. The predicted molar refractivity (Wildman–Crippen MR) is 86.5 cm³/mol. The summed E-state index contributed by atoms with van der Waals surface area (Å²) >= 11 is 0. The lowest BCUT2D eigenvalue weighted by Gasteiger charge is -2.19. The van der Waals surface area contributed by atoms with E-state index in [1.165, 1.54) is 18.5 Å². The topological polar surface area (TPSA) is 127 Å². The van der Waals surface area contributed by atoms with Crippen molar-refractivity contribution in [1.29, 1.82) is 0 Å². The van der Waals surface area contributed by atoms with Crippen LogP contribution in [-0.4, -0.2) is 51.2 Å². The number of hydrogen-bond donors (Lipinski definition) is 5. The zero-order valence-electron chi connectivity index (χ0n) is 13.2. The van der Waals surface area contributed by atoms with Crippen molar-refractivity contribution in [2.45, 2.75) is 24.9 Å². The van der Waals surface area contributed by atoms with Crippen molar-refractivity contribution >= 4 is 11.9 Å². The predicted octanol–water partition coefficient (Wildman–Crippen LogP) is 0.0579. The number of aromatic hydroxyl groups is 1. The molecule has 8 heteroatoms. The Morgan fingerprint density at radius 3 is 2.46 bits per heavy atom. The zero-order chi connectivity index (χ0) is 17.5. The van der Waals surface area contributed by atoms with Crippen LogP contribution in [0.5, 0.6) is 5.75 Å². The van der Waals surface area contributed by atoms with E-state index in [1.807, 2.05) is 0 Å². The van der Waals surface area contributed by atoms with Gasteiger partial charge in [0.05, 0.1) is 18.1 Å². The van der Waals surface area contributed by atoms with Crippen LogP contribution in [0, 0.1) is 0 Å². The molecule has 0 fully saturated rings. The molecule has 8 nitrogen and oxygen atoms in total. The van der Waals surface area contributed by atoms with Crippen molar-refractivity contribution in [1.82, 2.24) is 20.6 Å². The van der Waals surface area contributed by atoms with Crippen LogP contribution in [-0.2, 0) is 22.4 Å². The number of phenols is 1. The van der Waals surface area contributed by atoms with Gasteiger partial charge in [-0.05, 0) is 31.2 Å². The number of benzene rings is 1. The normalized spacial score (nSPS) is 13.2. The third kappa shape index (κ3) is 4.82. The second-order valence-corrected chi connectivity index (χ2v) is 5.38. The average Bonchev–Trinajstić information content (AvgIpc) is 3.06. The number of carboxylic acids is 1. The lowest BCUT2D eigenvalue weighted by atomic mass is 10.0. The van der Waals surface area contributed by atoms with Gasteiger partial charge in [0.1, 0.15) is 11.8 Å². The minimum atomic E-state index is -1.12. The number of rotatable bonds is 8. The summed E-state index contributed by atoms with van der Waals surface area (Å²) in [7, 11) is 1.63. The highest BCUT2D eigenvalue weighted by molar-refractivity contribution is 5.87. The first-order chi connectivity index (χ1) is 11.5. The zero-order valence-corrected chi connectivity index (χ0v) is 13.2. The molecule has 2 aromatic rings. The monoisotopic (exact) mass is 332 g/mol. The van der Waals surface area contributed by atoms with Gasteiger partial charge in [-0.3, -0.25) is 4.79 Å². The number of amides is 1. The third-order valence-electron chi connectivity index (χ3n) is 3.62. The van der Waals surface area contributed by atoms with Crippen LogP contribution in [0.15, 0.2) is 36.8 Å².